The number of fused-ring (bicyclic) bond motifs is 9. The summed E-state index contributed by atoms with van der Waals surface area (Å²) < 4.78 is 6.97. The molecule has 0 amide bonds. The molecule has 0 radical (unpaired) electrons. The van der Waals surface area contributed by atoms with Crippen LogP contribution in [0.1, 0.15) is 49.9 Å². The zero-order valence-electron chi connectivity index (χ0n) is 28.6. The van der Waals surface area contributed by atoms with Gasteiger partial charge >= 0.3 is 0 Å². The van der Waals surface area contributed by atoms with Crippen molar-refractivity contribution < 1.29 is 4.42 Å². The molecule has 0 bridgehead atoms. The van der Waals surface area contributed by atoms with Crippen molar-refractivity contribution in [2.45, 2.75) is 38.5 Å². The first kappa shape index (κ1) is 28.0. The lowest BCUT2D eigenvalue weighted by Crippen LogP contribution is -2.18. The lowest BCUT2D eigenvalue weighted by Gasteiger charge is -2.30. The van der Waals surface area contributed by atoms with Gasteiger partial charge in [-0.2, -0.15) is 0 Å². The van der Waals surface area contributed by atoms with Crippen LogP contribution in [0.3, 0.4) is 0 Å². The Morgan fingerprint density at radius 1 is 0.420 bits per heavy atom. The molecule has 0 fully saturated rings. The standard InChI is InChI=1S/C48H35NO/c1-47(2)38-17-9-7-14-32(38)34-22-20-28(26-40(34)47)49(29-21-23-35-33-15-8-10-18-39(33)48(3,4)41(35)27-29)42-25-24-37-31-13-6-5-12-30(31)36-16-11-19-43-44(36)45(37)46(42)50-43/h5-27H,1-4H3. The molecule has 0 atom stereocenters. The average Bonchev–Trinajstić information content (AvgIpc) is 3.73. The second kappa shape index (κ2) is 9.43. The van der Waals surface area contributed by atoms with E-state index in [1.165, 1.54) is 76.8 Å². The normalized spacial score (nSPS) is 15.1. The molecule has 2 nitrogen and oxygen atoms in total. The van der Waals surface area contributed by atoms with Crippen LogP contribution in [-0.4, -0.2) is 0 Å². The van der Waals surface area contributed by atoms with Crippen LogP contribution in [0.2, 0.25) is 0 Å². The van der Waals surface area contributed by atoms with Gasteiger partial charge in [-0.1, -0.05) is 131 Å². The number of furan rings is 1. The third kappa shape index (κ3) is 3.43. The highest BCUT2D eigenvalue weighted by Gasteiger charge is 2.38. The van der Waals surface area contributed by atoms with Crippen LogP contribution in [0, 0.1) is 0 Å². The summed E-state index contributed by atoms with van der Waals surface area (Å²) in [5.74, 6) is 0. The van der Waals surface area contributed by atoms with Crippen LogP contribution in [0.5, 0.6) is 0 Å². The average molecular weight is 642 g/mol. The number of hydrogen-bond donors (Lipinski definition) is 0. The van der Waals surface area contributed by atoms with Gasteiger partial charge in [0.15, 0.2) is 5.58 Å². The van der Waals surface area contributed by atoms with Crippen LogP contribution < -0.4 is 4.90 Å². The second-order valence-corrected chi connectivity index (χ2v) is 15.3. The van der Waals surface area contributed by atoms with Gasteiger partial charge in [0.2, 0.25) is 0 Å². The summed E-state index contributed by atoms with van der Waals surface area (Å²) in [7, 11) is 0. The van der Waals surface area contributed by atoms with E-state index >= 15 is 0 Å². The van der Waals surface area contributed by atoms with E-state index in [2.05, 4.69) is 172 Å². The third-order valence-corrected chi connectivity index (χ3v) is 12.0. The summed E-state index contributed by atoms with van der Waals surface area (Å²) in [5.41, 5.74) is 15.7. The van der Waals surface area contributed by atoms with E-state index < -0.39 is 0 Å². The zero-order chi connectivity index (χ0) is 33.5. The molecular formula is C48H35NO. The largest absolute Gasteiger partial charge is 0.454 e. The Bertz CT molecular complexity index is 2780. The molecule has 8 aromatic carbocycles. The van der Waals surface area contributed by atoms with Crippen LogP contribution in [0.4, 0.5) is 17.1 Å². The first-order valence-electron chi connectivity index (χ1n) is 17.7. The lowest BCUT2D eigenvalue weighted by atomic mass is 9.82. The van der Waals surface area contributed by atoms with E-state index in [1.807, 2.05) is 0 Å². The molecule has 9 aromatic rings. The molecule has 0 unspecified atom stereocenters. The number of benzene rings is 8. The molecule has 0 spiro atoms. The van der Waals surface area contributed by atoms with Gasteiger partial charge in [-0.05, 0) is 102 Å². The predicted molar refractivity (Wildman–Crippen MR) is 210 cm³/mol. The third-order valence-electron chi connectivity index (χ3n) is 12.0. The topological polar surface area (TPSA) is 16.4 Å². The van der Waals surface area contributed by atoms with Crippen LogP contribution in [0.15, 0.2) is 144 Å². The first-order chi connectivity index (χ1) is 24.3. The van der Waals surface area contributed by atoms with E-state index in [-0.39, 0.29) is 10.8 Å². The molecule has 0 aliphatic heterocycles. The Morgan fingerprint density at radius 3 is 1.52 bits per heavy atom. The van der Waals surface area contributed by atoms with E-state index in [1.54, 1.807) is 0 Å². The molecule has 238 valence electrons. The highest BCUT2D eigenvalue weighted by atomic mass is 16.3. The maximum absolute atomic E-state index is 6.97. The second-order valence-electron chi connectivity index (χ2n) is 15.3. The van der Waals surface area contributed by atoms with Crippen LogP contribution in [-0.2, 0) is 10.8 Å². The fraction of sp³-hybridized carbons (Fsp3) is 0.125. The summed E-state index contributed by atoms with van der Waals surface area (Å²) >= 11 is 0. The zero-order valence-corrected chi connectivity index (χ0v) is 28.6. The number of anilines is 3. The molecule has 1 aromatic heterocycles. The van der Waals surface area contributed by atoms with Gasteiger partial charge in [-0.15, -0.1) is 0 Å². The quantitative estimate of drug-likeness (QED) is 0.179. The van der Waals surface area contributed by atoms with E-state index in [9.17, 15) is 0 Å². The maximum Gasteiger partial charge on any atom is 0.160 e. The van der Waals surface area contributed by atoms with E-state index in [0.29, 0.717) is 0 Å². The highest BCUT2D eigenvalue weighted by molar-refractivity contribution is 6.34. The molecule has 11 rings (SSSR count). The van der Waals surface area contributed by atoms with E-state index in [4.69, 9.17) is 4.42 Å². The summed E-state index contributed by atoms with van der Waals surface area (Å²) in [6.45, 7) is 9.44. The molecule has 2 aliphatic rings. The van der Waals surface area contributed by atoms with Crippen LogP contribution in [0.25, 0.3) is 65.7 Å². The minimum atomic E-state index is -0.118. The first-order valence-corrected chi connectivity index (χ1v) is 17.7. The Morgan fingerprint density at radius 2 is 0.920 bits per heavy atom. The van der Waals surface area contributed by atoms with E-state index in [0.717, 1.165) is 28.2 Å². The molecule has 0 saturated heterocycles. The van der Waals surface area contributed by atoms with Crippen molar-refractivity contribution >= 4 is 60.5 Å². The van der Waals surface area contributed by atoms with Crippen molar-refractivity contribution in [2.75, 3.05) is 4.90 Å². The molecule has 2 heteroatoms. The lowest BCUT2D eigenvalue weighted by molar-refractivity contribution is 0.659. The molecule has 0 N–H and O–H groups in total. The molecule has 2 aliphatic carbocycles. The molecular weight excluding hydrogens is 607 g/mol. The minimum absolute atomic E-state index is 0.118. The fourth-order valence-corrected chi connectivity index (χ4v) is 9.57. The number of hydrogen-bond acceptors (Lipinski definition) is 2. The van der Waals surface area contributed by atoms with Gasteiger partial charge < -0.3 is 9.32 Å². The van der Waals surface area contributed by atoms with Gasteiger partial charge in [0.05, 0.1) is 5.69 Å². The monoisotopic (exact) mass is 641 g/mol. The maximum atomic E-state index is 6.97. The summed E-state index contributed by atoms with van der Waals surface area (Å²) in [4.78, 5) is 2.44. The van der Waals surface area contributed by atoms with Gasteiger partial charge in [-0.25, -0.2) is 0 Å². The van der Waals surface area contributed by atoms with Crippen molar-refractivity contribution in [1.82, 2.24) is 0 Å². The van der Waals surface area contributed by atoms with Gasteiger partial charge in [0.25, 0.3) is 0 Å². The molecule has 50 heavy (non-hydrogen) atoms. The van der Waals surface area contributed by atoms with Gasteiger partial charge in [0.1, 0.15) is 5.58 Å². The van der Waals surface area contributed by atoms with Crippen molar-refractivity contribution in [3.8, 4) is 22.3 Å². The van der Waals surface area contributed by atoms with Crippen molar-refractivity contribution in [3.63, 3.8) is 0 Å². The Kier molecular flexibility index (Phi) is 5.28. The van der Waals surface area contributed by atoms with Gasteiger partial charge in [-0.3, -0.25) is 0 Å². The summed E-state index contributed by atoms with van der Waals surface area (Å²) in [6, 6.07) is 51.7. The minimum Gasteiger partial charge on any atom is -0.454 e. The molecule has 1 heterocycles. The smallest absolute Gasteiger partial charge is 0.160 e. The van der Waals surface area contributed by atoms with Crippen molar-refractivity contribution in [3.05, 3.63) is 162 Å². The SMILES string of the molecule is CC1(C)c2ccccc2-c2ccc(N(c3ccc4c(c3)C(C)(C)c3ccccc3-4)c3ccc4c5ccccc5c5cccc6oc3c4c65)cc21. The summed E-state index contributed by atoms with van der Waals surface area (Å²) in [6.07, 6.45) is 0. The predicted octanol–water partition coefficient (Wildman–Crippen LogP) is 13.4. The Hall–Kier alpha value is -5.86. The molecule has 0 saturated carbocycles. The Balaban J connectivity index is 1.21. The summed E-state index contributed by atoms with van der Waals surface area (Å²) in [5, 5.41) is 7.38. The van der Waals surface area contributed by atoms with Crippen molar-refractivity contribution in [1.29, 1.82) is 0 Å². The van der Waals surface area contributed by atoms with Gasteiger partial charge in [0, 0.05) is 33.0 Å². The van der Waals surface area contributed by atoms with Crippen LogP contribution >= 0.6 is 0 Å². The Labute approximate surface area is 291 Å². The van der Waals surface area contributed by atoms with Crippen molar-refractivity contribution in [2.24, 2.45) is 0 Å². The highest BCUT2D eigenvalue weighted by Crippen LogP contribution is 2.54. The number of nitrogens with zero attached hydrogens (tertiary/aromatic N) is 1. The number of rotatable bonds is 3. The fourth-order valence-electron chi connectivity index (χ4n) is 9.57.